The van der Waals surface area contributed by atoms with E-state index in [0.717, 1.165) is 13.1 Å². The molecule has 0 spiro atoms. The normalized spacial score (nSPS) is 17.3. The average Bonchev–Trinajstić information content (AvgIpc) is 2.31. The summed E-state index contributed by atoms with van der Waals surface area (Å²) in [4.78, 5) is 14.2. The van der Waals surface area contributed by atoms with Crippen LogP contribution in [-0.2, 0) is 0 Å². The number of hydrogen-bond acceptors (Lipinski definition) is 4. The largest absolute Gasteiger partial charge is 0.475 e. The molecule has 1 aliphatic rings. The Morgan fingerprint density at radius 1 is 1.75 bits per heavy atom. The Balaban J connectivity index is 2.29. The third-order valence-corrected chi connectivity index (χ3v) is 1.87. The summed E-state index contributed by atoms with van der Waals surface area (Å²) in [5, 5.41) is 15.6. The number of aromatic carboxylic acids is 1. The van der Waals surface area contributed by atoms with E-state index in [1.54, 1.807) is 0 Å². The number of nitrogens with zero attached hydrogens (tertiary/aromatic N) is 3. The van der Waals surface area contributed by atoms with Crippen molar-refractivity contribution in [2.24, 2.45) is 0 Å². The molecule has 1 aromatic rings. The van der Waals surface area contributed by atoms with Gasteiger partial charge in [-0.05, 0) is 0 Å². The molecule has 1 aromatic heterocycles. The smallest absolute Gasteiger partial charge is 0.373 e. The zero-order chi connectivity index (χ0) is 8.55. The van der Waals surface area contributed by atoms with Crippen molar-refractivity contribution in [2.45, 2.75) is 6.04 Å². The Labute approximate surface area is 68.2 Å². The van der Waals surface area contributed by atoms with Crippen LogP contribution < -0.4 is 5.32 Å². The lowest BCUT2D eigenvalue weighted by molar-refractivity contribution is 0.0670. The van der Waals surface area contributed by atoms with Crippen LogP contribution in [0.4, 0.5) is 0 Å². The van der Waals surface area contributed by atoms with E-state index in [4.69, 9.17) is 5.11 Å². The van der Waals surface area contributed by atoms with Crippen LogP contribution in [0.2, 0.25) is 0 Å². The van der Waals surface area contributed by atoms with Gasteiger partial charge in [0.1, 0.15) is 6.33 Å². The van der Waals surface area contributed by atoms with Gasteiger partial charge in [0.05, 0.1) is 6.04 Å². The highest BCUT2D eigenvalue weighted by Gasteiger charge is 2.24. The number of aromatic nitrogens is 3. The molecular weight excluding hydrogens is 160 g/mol. The second-order valence-corrected chi connectivity index (χ2v) is 2.65. The lowest BCUT2D eigenvalue weighted by Crippen LogP contribution is -2.44. The van der Waals surface area contributed by atoms with Crippen LogP contribution in [0.15, 0.2) is 6.33 Å². The zero-order valence-corrected chi connectivity index (χ0v) is 6.27. The predicted molar refractivity (Wildman–Crippen MR) is 38.9 cm³/mol. The van der Waals surface area contributed by atoms with Gasteiger partial charge < -0.3 is 10.4 Å². The molecule has 2 rings (SSSR count). The minimum Gasteiger partial charge on any atom is -0.475 e. The molecule has 0 aliphatic carbocycles. The SMILES string of the molecule is O=C(O)c1ncnn1C1CNC1. The number of carboxylic acid groups (broad SMARTS) is 1. The molecule has 0 amide bonds. The fourth-order valence-corrected chi connectivity index (χ4v) is 1.12. The third-order valence-electron chi connectivity index (χ3n) is 1.87. The topological polar surface area (TPSA) is 80.0 Å². The zero-order valence-electron chi connectivity index (χ0n) is 6.27. The van der Waals surface area contributed by atoms with Crippen molar-refractivity contribution in [2.75, 3.05) is 13.1 Å². The Morgan fingerprint density at radius 2 is 2.50 bits per heavy atom. The maximum Gasteiger partial charge on any atom is 0.373 e. The van der Waals surface area contributed by atoms with Crippen molar-refractivity contribution in [3.05, 3.63) is 12.2 Å². The molecule has 0 aromatic carbocycles. The highest BCUT2D eigenvalue weighted by Crippen LogP contribution is 2.11. The minimum absolute atomic E-state index is 0.0153. The molecule has 1 fully saturated rings. The summed E-state index contributed by atoms with van der Waals surface area (Å²) in [7, 11) is 0. The molecule has 0 unspecified atom stereocenters. The van der Waals surface area contributed by atoms with Crippen LogP contribution in [0, 0.1) is 0 Å². The van der Waals surface area contributed by atoms with Crippen LogP contribution in [0.25, 0.3) is 0 Å². The summed E-state index contributed by atoms with van der Waals surface area (Å²) in [6.07, 6.45) is 1.27. The van der Waals surface area contributed by atoms with Gasteiger partial charge in [0.25, 0.3) is 0 Å². The van der Waals surface area contributed by atoms with Gasteiger partial charge in [-0.1, -0.05) is 0 Å². The molecule has 0 radical (unpaired) electrons. The summed E-state index contributed by atoms with van der Waals surface area (Å²) < 4.78 is 1.44. The number of carboxylic acids is 1. The van der Waals surface area contributed by atoms with E-state index in [9.17, 15) is 4.79 Å². The van der Waals surface area contributed by atoms with Crippen molar-refractivity contribution < 1.29 is 9.90 Å². The molecule has 64 valence electrons. The molecule has 12 heavy (non-hydrogen) atoms. The van der Waals surface area contributed by atoms with Crippen molar-refractivity contribution in [1.82, 2.24) is 20.1 Å². The summed E-state index contributed by atoms with van der Waals surface area (Å²) in [6, 6.07) is 0.151. The Bertz CT molecular complexity index is 304. The van der Waals surface area contributed by atoms with Crippen LogP contribution in [-0.4, -0.2) is 38.9 Å². The summed E-state index contributed by atoms with van der Waals surface area (Å²) in [6.45, 7) is 1.53. The molecule has 2 heterocycles. The van der Waals surface area contributed by atoms with Crippen LogP contribution in [0.5, 0.6) is 0 Å². The van der Waals surface area contributed by atoms with Crippen molar-refractivity contribution in [1.29, 1.82) is 0 Å². The monoisotopic (exact) mass is 168 g/mol. The first kappa shape index (κ1) is 7.23. The van der Waals surface area contributed by atoms with E-state index < -0.39 is 5.97 Å². The highest BCUT2D eigenvalue weighted by molar-refractivity contribution is 5.83. The summed E-state index contributed by atoms with van der Waals surface area (Å²) in [5.74, 6) is -1.01. The number of rotatable bonds is 2. The quantitative estimate of drug-likeness (QED) is 0.599. The van der Waals surface area contributed by atoms with Gasteiger partial charge in [0.15, 0.2) is 0 Å². The fraction of sp³-hybridized carbons (Fsp3) is 0.500. The van der Waals surface area contributed by atoms with Gasteiger partial charge in [0.2, 0.25) is 5.82 Å². The van der Waals surface area contributed by atoms with Gasteiger partial charge in [-0.2, -0.15) is 5.10 Å². The fourth-order valence-electron chi connectivity index (χ4n) is 1.12. The van der Waals surface area contributed by atoms with E-state index in [2.05, 4.69) is 15.4 Å². The van der Waals surface area contributed by atoms with E-state index in [1.807, 2.05) is 0 Å². The second-order valence-electron chi connectivity index (χ2n) is 2.65. The molecular formula is C6H8N4O2. The van der Waals surface area contributed by atoms with Gasteiger partial charge in [-0.3, -0.25) is 0 Å². The summed E-state index contributed by atoms with van der Waals surface area (Å²) >= 11 is 0. The third kappa shape index (κ3) is 0.964. The molecule has 0 atom stereocenters. The minimum atomic E-state index is -1.03. The Hall–Kier alpha value is -1.43. The van der Waals surface area contributed by atoms with E-state index in [1.165, 1.54) is 11.0 Å². The standard InChI is InChI=1S/C6H8N4O2/c11-6(12)5-8-3-9-10(5)4-1-7-2-4/h3-4,7H,1-2H2,(H,11,12). The van der Waals surface area contributed by atoms with Crippen molar-refractivity contribution in [3.63, 3.8) is 0 Å². The van der Waals surface area contributed by atoms with Gasteiger partial charge in [-0.15, -0.1) is 0 Å². The molecule has 6 heteroatoms. The maximum absolute atomic E-state index is 10.6. The molecule has 0 bridgehead atoms. The second kappa shape index (κ2) is 2.56. The number of nitrogens with one attached hydrogen (secondary N) is 1. The van der Waals surface area contributed by atoms with Crippen LogP contribution in [0.1, 0.15) is 16.7 Å². The van der Waals surface area contributed by atoms with Crippen molar-refractivity contribution in [3.8, 4) is 0 Å². The first-order valence-corrected chi connectivity index (χ1v) is 3.62. The average molecular weight is 168 g/mol. The first-order chi connectivity index (χ1) is 5.79. The van der Waals surface area contributed by atoms with E-state index in [-0.39, 0.29) is 11.9 Å². The van der Waals surface area contributed by atoms with E-state index in [0.29, 0.717) is 0 Å². The molecule has 2 N–H and O–H groups in total. The Morgan fingerprint density at radius 3 is 3.00 bits per heavy atom. The molecule has 1 saturated heterocycles. The van der Waals surface area contributed by atoms with Crippen LogP contribution >= 0.6 is 0 Å². The lowest BCUT2D eigenvalue weighted by atomic mass is 10.2. The Kier molecular flexibility index (Phi) is 1.54. The number of hydrogen-bond donors (Lipinski definition) is 2. The summed E-state index contributed by atoms with van der Waals surface area (Å²) in [5.41, 5.74) is 0. The maximum atomic E-state index is 10.6. The molecule has 1 aliphatic heterocycles. The highest BCUT2D eigenvalue weighted by atomic mass is 16.4. The van der Waals surface area contributed by atoms with Gasteiger partial charge >= 0.3 is 5.97 Å². The van der Waals surface area contributed by atoms with E-state index >= 15 is 0 Å². The molecule has 0 saturated carbocycles. The van der Waals surface area contributed by atoms with Crippen molar-refractivity contribution >= 4 is 5.97 Å². The van der Waals surface area contributed by atoms with Gasteiger partial charge in [0, 0.05) is 13.1 Å². The first-order valence-electron chi connectivity index (χ1n) is 3.62. The van der Waals surface area contributed by atoms with Gasteiger partial charge in [-0.25, -0.2) is 14.5 Å². The van der Waals surface area contributed by atoms with Crippen LogP contribution in [0.3, 0.4) is 0 Å². The molecule has 6 nitrogen and oxygen atoms in total. The lowest BCUT2D eigenvalue weighted by Gasteiger charge is -2.27. The number of carbonyl (C=O) groups is 1. The predicted octanol–water partition coefficient (Wildman–Crippen LogP) is -0.879.